The molecule has 0 radical (unpaired) electrons. The van der Waals surface area contributed by atoms with Crippen molar-refractivity contribution >= 4 is 5.78 Å². The fraction of sp³-hybridized carbons (Fsp3) is 0.409. The van der Waals surface area contributed by atoms with Crippen molar-refractivity contribution in [3.8, 4) is 11.5 Å². The normalized spacial score (nSPS) is 26.9. The van der Waals surface area contributed by atoms with Gasteiger partial charge in [-0.1, -0.05) is 36.4 Å². The Balaban J connectivity index is 1.63. The van der Waals surface area contributed by atoms with Gasteiger partial charge in [-0.15, -0.1) is 0 Å². The van der Waals surface area contributed by atoms with E-state index in [0.717, 1.165) is 0 Å². The first-order valence-corrected chi connectivity index (χ1v) is 9.84. The van der Waals surface area contributed by atoms with E-state index in [2.05, 4.69) is 0 Å². The van der Waals surface area contributed by atoms with E-state index in [0.29, 0.717) is 5.56 Å². The molecule has 0 saturated carbocycles. The molecule has 0 bridgehead atoms. The molecule has 31 heavy (non-hydrogen) atoms. The molecule has 9 heteroatoms. The number of phenolic OH excluding ortho intramolecular Hbond substituents is 1. The van der Waals surface area contributed by atoms with Gasteiger partial charge in [-0.2, -0.15) is 0 Å². The fourth-order valence-electron chi connectivity index (χ4n) is 3.22. The Morgan fingerprint density at radius 3 is 2.42 bits per heavy atom. The first-order chi connectivity index (χ1) is 14.8. The van der Waals surface area contributed by atoms with Crippen molar-refractivity contribution in [1.82, 2.24) is 0 Å². The summed E-state index contributed by atoms with van der Waals surface area (Å²) in [7, 11) is 0. The van der Waals surface area contributed by atoms with Gasteiger partial charge in [0.15, 0.2) is 23.6 Å². The van der Waals surface area contributed by atoms with Gasteiger partial charge in [0, 0.05) is 5.56 Å². The molecule has 3 rings (SSSR count). The molecule has 9 nitrogen and oxygen atoms in total. The van der Waals surface area contributed by atoms with Crippen molar-refractivity contribution in [2.45, 2.75) is 43.7 Å². The van der Waals surface area contributed by atoms with E-state index in [-0.39, 0.29) is 29.5 Å². The van der Waals surface area contributed by atoms with Crippen LogP contribution in [0.4, 0.5) is 0 Å². The van der Waals surface area contributed by atoms with Gasteiger partial charge in [-0.3, -0.25) is 4.79 Å². The quantitative estimate of drug-likeness (QED) is 0.368. The van der Waals surface area contributed by atoms with Crippen LogP contribution < -0.4 is 4.74 Å². The van der Waals surface area contributed by atoms with Gasteiger partial charge < -0.3 is 39.7 Å². The summed E-state index contributed by atoms with van der Waals surface area (Å²) in [5, 5.41) is 49.4. The molecule has 5 N–H and O–H groups in total. The fourth-order valence-corrected chi connectivity index (χ4v) is 3.22. The standard InChI is InChI=1S/C22H26O9/c1-12(30-22-21(28)20(27)19(26)16(10-23)31-22)11-29-15-9-5-8-14(18(15)25)17(24)13-6-3-2-4-7-13/h2-9,12,16,19-23,25-28H,10-11H2,1H3/t12?,16-,19-,20+,21-,22-/m1/s1. The molecule has 0 amide bonds. The molecule has 2 aromatic carbocycles. The number of ketones is 1. The Labute approximate surface area is 179 Å². The summed E-state index contributed by atoms with van der Waals surface area (Å²) < 4.78 is 16.4. The maximum atomic E-state index is 12.6. The zero-order valence-electron chi connectivity index (χ0n) is 16.9. The van der Waals surface area contributed by atoms with Gasteiger partial charge in [0.25, 0.3) is 0 Å². The number of aliphatic hydroxyl groups excluding tert-OH is 4. The smallest absolute Gasteiger partial charge is 0.196 e. The molecule has 1 aliphatic rings. The van der Waals surface area contributed by atoms with Gasteiger partial charge in [-0.25, -0.2) is 0 Å². The minimum Gasteiger partial charge on any atom is -0.504 e. The third-order valence-electron chi connectivity index (χ3n) is 4.97. The third kappa shape index (κ3) is 5.21. The second kappa shape index (κ2) is 10.2. The number of benzene rings is 2. The van der Waals surface area contributed by atoms with Gasteiger partial charge in [0.1, 0.15) is 31.0 Å². The largest absolute Gasteiger partial charge is 0.504 e. The van der Waals surface area contributed by atoms with Gasteiger partial charge in [0.2, 0.25) is 0 Å². The van der Waals surface area contributed by atoms with E-state index in [1.807, 2.05) is 0 Å². The number of hydrogen-bond donors (Lipinski definition) is 5. The molecule has 1 saturated heterocycles. The molecule has 1 heterocycles. The number of ether oxygens (including phenoxy) is 3. The second-order valence-corrected chi connectivity index (χ2v) is 7.30. The van der Waals surface area contributed by atoms with Crippen LogP contribution in [0.5, 0.6) is 11.5 Å². The monoisotopic (exact) mass is 434 g/mol. The Morgan fingerprint density at radius 1 is 1.03 bits per heavy atom. The zero-order chi connectivity index (χ0) is 22.5. The van der Waals surface area contributed by atoms with E-state index >= 15 is 0 Å². The van der Waals surface area contributed by atoms with Crippen molar-refractivity contribution in [3.05, 3.63) is 59.7 Å². The third-order valence-corrected chi connectivity index (χ3v) is 4.97. The number of aromatic hydroxyl groups is 1. The molecule has 1 aliphatic heterocycles. The number of carbonyl (C=O) groups is 1. The lowest BCUT2D eigenvalue weighted by Gasteiger charge is -2.40. The highest BCUT2D eigenvalue weighted by Crippen LogP contribution is 2.32. The van der Waals surface area contributed by atoms with Crippen LogP contribution in [0.3, 0.4) is 0 Å². The summed E-state index contributed by atoms with van der Waals surface area (Å²) in [6, 6.07) is 13.1. The Hall–Kier alpha value is -2.53. The summed E-state index contributed by atoms with van der Waals surface area (Å²) in [6.45, 7) is 0.967. The Kier molecular flexibility index (Phi) is 7.60. The molecule has 1 unspecified atom stereocenters. The van der Waals surface area contributed by atoms with E-state index in [4.69, 9.17) is 14.2 Å². The highest BCUT2D eigenvalue weighted by Gasteiger charge is 2.44. The second-order valence-electron chi connectivity index (χ2n) is 7.30. The average Bonchev–Trinajstić information content (AvgIpc) is 2.79. The summed E-state index contributed by atoms with van der Waals surface area (Å²) >= 11 is 0. The number of hydrogen-bond acceptors (Lipinski definition) is 9. The lowest BCUT2D eigenvalue weighted by atomic mass is 9.99. The van der Waals surface area contributed by atoms with Crippen LogP contribution in [0.15, 0.2) is 48.5 Å². The van der Waals surface area contributed by atoms with Crippen molar-refractivity contribution in [2.75, 3.05) is 13.2 Å². The van der Waals surface area contributed by atoms with Gasteiger partial charge >= 0.3 is 0 Å². The molecular formula is C22H26O9. The minimum absolute atomic E-state index is 0.0750. The lowest BCUT2D eigenvalue weighted by Crippen LogP contribution is -2.59. The number of phenols is 1. The highest BCUT2D eigenvalue weighted by molar-refractivity contribution is 6.11. The first-order valence-electron chi connectivity index (χ1n) is 9.84. The molecular weight excluding hydrogens is 408 g/mol. The molecule has 0 aliphatic carbocycles. The topological polar surface area (TPSA) is 146 Å². The Bertz CT molecular complexity index is 871. The van der Waals surface area contributed by atoms with E-state index in [9.17, 15) is 30.3 Å². The molecule has 0 aromatic heterocycles. The number of aliphatic hydroxyl groups is 4. The van der Waals surface area contributed by atoms with Crippen LogP contribution in [-0.2, 0) is 9.47 Å². The van der Waals surface area contributed by atoms with Gasteiger partial charge in [0.05, 0.1) is 18.3 Å². The molecule has 0 spiro atoms. The van der Waals surface area contributed by atoms with E-state index in [1.54, 1.807) is 43.3 Å². The van der Waals surface area contributed by atoms with Crippen LogP contribution in [-0.4, -0.2) is 81.3 Å². The summed E-state index contributed by atoms with van der Waals surface area (Å²) in [5.74, 6) is -0.586. The van der Waals surface area contributed by atoms with E-state index in [1.165, 1.54) is 12.1 Å². The number of carbonyl (C=O) groups excluding carboxylic acids is 1. The maximum absolute atomic E-state index is 12.6. The Morgan fingerprint density at radius 2 is 1.74 bits per heavy atom. The number of rotatable bonds is 8. The summed E-state index contributed by atoms with van der Waals surface area (Å²) in [4.78, 5) is 12.6. The lowest BCUT2D eigenvalue weighted by molar-refractivity contribution is -0.311. The molecule has 168 valence electrons. The molecule has 2 aromatic rings. The number of para-hydroxylation sites is 1. The predicted octanol–water partition coefficient (Wildman–Crippen LogP) is 0.207. The van der Waals surface area contributed by atoms with Crippen molar-refractivity contribution in [3.63, 3.8) is 0 Å². The maximum Gasteiger partial charge on any atom is 0.196 e. The average molecular weight is 434 g/mol. The van der Waals surface area contributed by atoms with Crippen LogP contribution in [0.25, 0.3) is 0 Å². The summed E-state index contributed by atoms with van der Waals surface area (Å²) in [6.07, 6.45) is -7.60. The van der Waals surface area contributed by atoms with Crippen LogP contribution in [0.2, 0.25) is 0 Å². The van der Waals surface area contributed by atoms with Crippen LogP contribution in [0.1, 0.15) is 22.8 Å². The molecule has 1 fully saturated rings. The first kappa shape index (κ1) is 23.1. The zero-order valence-corrected chi connectivity index (χ0v) is 16.9. The SMILES string of the molecule is CC(COc1cccc(C(=O)c2ccccc2)c1O)O[C@@H]1O[C@H](CO)[C@@H](O)[C@H](O)[C@H]1O. The van der Waals surface area contributed by atoms with Crippen molar-refractivity contribution in [1.29, 1.82) is 0 Å². The minimum atomic E-state index is -1.55. The summed E-state index contributed by atoms with van der Waals surface area (Å²) in [5.41, 5.74) is 0.514. The van der Waals surface area contributed by atoms with Gasteiger partial charge in [-0.05, 0) is 19.1 Å². The van der Waals surface area contributed by atoms with Crippen molar-refractivity contribution < 1.29 is 44.5 Å². The van der Waals surface area contributed by atoms with Crippen molar-refractivity contribution in [2.24, 2.45) is 0 Å². The van der Waals surface area contributed by atoms with E-state index < -0.39 is 43.4 Å². The van der Waals surface area contributed by atoms with Crippen LogP contribution in [0, 0.1) is 0 Å². The van der Waals surface area contributed by atoms with Crippen LogP contribution >= 0.6 is 0 Å². The molecule has 6 atom stereocenters. The highest BCUT2D eigenvalue weighted by atomic mass is 16.7. The predicted molar refractivity (Wildman–Crippen MR) is 108 cm³/mol.